The first-order valence-electron chi connectivity index (χ1n) is 8.43. The molecule has 0 radical (unpaired) electrons. The molecular weight excluding hydrogens is 364 g/mol. The Morgan fingerprint density at radius 3 is 2.67 bits per heavy atom. The number of nitrogens with zero attached hydrogens (tertiary/aromatic N) is 3. The van der Waals surface area contributed by atoms with Crippen LogP contribution in [0.25, 0.3) is 21.6 Å². The molecule has 4 aromatic rings. The Labute approximate surface area is 158 Å². The molecule has 1 aromatic carbocycles. The third-order valence-electron chi connectivity index (χ3n) is 4.09. The van der Waals surface area contributed by atoms with E-state index in [2.05, 4.69) is 14.3 Å². The number of benzene rings is 1. The number of aromatic nitrogens is 4. The van der Waals surface area contributed by atoms with Crippen molar-refractivity contribution in [2.24, 2.45) is 0 Å². The quantitative estimate of drug-likeness (QED) is 0.575. The van der Waals surface area contributed by atoms with Gasteiger partial charge in [0.1, 0.15) is 16.1 Å². The predicted molar refractivity (Wildman–Crippen MR) is 104 cm³/mol. The molecule has 3 aromatic heterocycles. The molecule has 0 aliphatic heterocycles. The molecular formula is C19H16N4O3S. The average Bonchev–Trinajstić information content (AvgIpc) is 3.11. The maximum Gasteiger partial charge on any atom is 0.329 e. The van der Waals surface area contributed by atoms with Crippen molar-refractivity contribution in [3.05, 3.63) is 75.1 Å². The third kappa shape index (κ3) is 3.26. The molecule has 7 nitrogen and oxygen atoms in total. The summed E-state index contributed by atoms with van der Waals surface area (Å²) in [6.45, 7) is 2.67. The smallest absolute Gasteiger partial charge is 0.329 e. The minimum absolute atomic E-state index is 0.174. The lowest BCUT2D eigenvalue weighted by atomic mass is 10.2. The van der Waals surface area contributed by atoms with Crippen molar-refractivity contribution in [1.29, 1.82) is 0 Å². The zero-order chi connectivity index (χ0) is 18.8. The van der Waals surface area contributed by atoms with Crippen molar-refractivity contribution in [2.75, 3.05) is 6.61 Å². The van der Waals surface area contributed by atoms with Crippen molar-refractivity contribution in [2.45, 2.75) is 13.5 Å². The monoisotopic (exact) mass is 380 g/mol. The Morgan fingerprint density at radius 2 is 1.96 bits per heavy atom. The molecule has 136 valence electrons. The van der Waals surface area contributed by atoms with Gasteiger partial charge in [-0.2, -0.15) is 4.37 Å². The Balaban J connectivity index is 1.75. The number of hydrogen-bond donors (Lipinski definition) is 1. The van der Waals surface area contributed by atoms with Crippen LogP contribution in [0, 0.1) is 0 Å². The molecule has 0 aliphatic carbocycles. The largest absolute Gasteiger partial charge is 0.494 e. The summed E-state index contributed by atoms with van der Waals surface area (Å²) in [6, 6.07) is 12.7. The molecule has 1 N–H and O–H groups in total. The summed E-state index contributed by atoms with van der Waals surface area (Å²) in [5, 5.41) is 0. The van der Waals surface area contributed by atoms with Crippen LogP contribution in [0.15, 0.2) is 58.3 Å². The van der Waals surface area contributed by atoms with Crippen LogP contribution in [-0.2, 0) is 6.54 Å². The molecule has 0 spiro atoms. The summed E-state index contributed by atoms with van der Waals surface area (Å²) < 4.78 is 11.3. The van der Waals surface area contributed by atoms with E-state index in [1.165, 1.54) is 4.57 Å². The Hall–Kier alpha value is -3.26. The van der Waals surface area contributed by atoms with Crippen molar-refractivity contribution in [1.82, 2.24) is 18.9 Å². The molecule has 0 fully saturated rings. The fourth-order valence-electron chi connectivity index (χ4n) is 2.80. The van der Waals surface area contributed by atoms with Crippen LogP contribution in [0.3, 0.4) is 0 Å². The number of ether oxygens (including phenoxy) is 1. The third-order valence-corrected chi connectivity index (χ3v) is 4.93. The fraction of sp³-hybridized carbons (Fsp3) is 0.158. The van der Waals surface area contributed by atoms with Crippen LogP contribution in [0.5, 0.6) is 5.75 Å². The van der Waals surface area contributed by atoms with Gasteiger partial charge < -0.3 is 9.72 Å². The van der Waals surface area contributed by atoms with Gasteiger partial charge in [-0.25, -0.2) is 4.79 Å². The zero-order valence-corrected chi connectivity index (χ0v) is 15.3. The Bertz CT molecular complexity index is 1190. The molecule has 0 saturated carbocycles. The Morgan fingerprint density at radius 1 is 1.15 bits per heavy atom. The average molecular weight is 380 g/mol. The van der Waals surface area contributed by atoms with Crippen molar-refractivity contribution < 1.29 is 4.74 Å². The number of fused-ring (bicyclic) bond motifs is 1. The fourth-order valence-corrected chi connectivity index (χ4v) is 3.60. The molecule has 0 saturated heterocycles. The maximum atomic E-state index is 12.8. The van der Waals surface area contributed by atoms with Crippen molar-refractivity contribution in [3.63, 3.8) is 0 Å². The van der Waals surface area contributed by atoms with E-state index in [-0.39, 0.29) is 12.1 Å². The lowest BCUT2D eigenvalue weighted by Crippen LogP contribution is -2.34. The highest BCUT2D eigenvalue weighted by Crippen LogP contribution is 2.24. The van der Waals surface area contributed by atoms with E-state index in [1.807, 2.05) is 37.3 Å². The van der Waals surface area contributed by atoms with Crippen molar-refractivity contribution >= 4 is 21.7 Å². The lowest BCUT2D eigenvalue weighted by molar-refractivity contribution is 0.340. The second kappa shape index (κ2) is 7.16. The first kappa shape index (κ1) is 17.2. The number of nitrogens with one attached hydrogen (secondary N) is 1. The summed E-state index contributed by atoms with van der Waals surface area (Å²) in [6.07, 6.45) is 1.64. The van der Waals surface area contributed by atoms with E-state index in [1.54, 1.807) is 18.3 Å². The highest BCUT2D eigenvalue weighted by atomic mass is 32.1. The van der Waals surface area contributed by atoms with Crippen LogP contribution in [0.2, 0.25) is 0 Å². The summed E-state index contributed by atoms with van der Waals surface area (Å²) in [5.74, 6) is 0.750. The standard InChI is InChI=1S/C19H16N4O3S/c1-2-26-13-8-6-12(7-9-13)11-23-18(24)17-16(21-19(23)25)15(22-27-17)14-5-3-4-10-20-14/h3-10H,2,11H2,1H3,(H,21,25). The molecule has 3 heterocycles. The van der Waals surface area contributed by atoms with Gasteiger partial charge in [-0.3, -0.25) is 14.3 Å². The second-order valence-electron chi connectivity index (χ2n) is 5.85. The van der Waals surface area contributed by atoms with Gasteiger partial charge in [-0.05, 0) is 48.3 Å². The number of rotatable bonds is 5. The van der Waals surface area contributed by atoms with E-state index >= 15 is 0 Å². The molecule has 4 rings (SSSR count). The number of hydrogen-bond acceptors (Lipinski definition) is 6. The van der Waals surface area contributed by atoms with Gasteiger partial charge in [0.15, 0.2) is 0 Å². The van der Waals surface area contributed by atoms with E-state index in [0.29, 0.717) is 28.2 Å². The van der Waals surface area contributed by atoms with Gasteiger partial charge in [0.2, 0.25) is 0 Å². The molecule has 8 heteroatoms. The Kier molecular flexibility index (Phi) is 4.55. The zero-order valence-electron chi connectivity index (χ0n) is 14.5. The summed E-state index contributed by atoms with van der Waals surface area (Å²) >= 11 is 1.06. The first-order chi connectivity index (χ1) is 13.2. The van der Waals surface area contributed by atoms with Gasteiger partial charge in [-0.1, -0.05) is 18.2 Å². The second-order valence-corrected chi connectivity index (χ2v) is 6.62. The highest BCUT2D eigenvalue weighted by Gasteiger charge is 2.16. The van der Waals surface area contributed by atoms with Gasteiger partial charge in [0.25, 0.3) is 5.56 Å². The van der Waals surface area contributed by atoms with E-state index in [0.717, 1.165) is 22.8 Å². The minimum atomic E-state index is -0.473. The number of pyridine rings is 1. The minimum Gasteiger partial charge on any atom is -0.494 e. The topological polar surface area (TPSA) is 89.9 Å². The van der Waals surface area contributed by atoms with Crippen molar-refractivity contribution in [3.8, 4) is 17.1 Å². The molecule has 0 atom stereocenters. The van der Waals surface area contributed by atoms with Crippen LogP contribution in [0.1, 0.15) is 12.5 Å². The summed E-state index contributed by atoms with van der Waals surface area (Å²) in [4.78, 5) is 32.4. The predicted octanol–water partition coefficient (Wildman–Crippen LogP) is 2.66. The van der Waals surface area contributed by atoms with Crippen LogP contribution in [-0.4, -0.2) is 25.5 Å². The number of aromatic amines is 1. The van der Waals surface area contributed by atoms with Gasteiger partial charge >= 0.3 is 5.69 Å². The van der Waals surface area contributed by atoms with Crippen LogP contribution < -0.4 is 16.0 Å². The molecule has 0 amide bonds. The molecule has 27 heavy (non-hydrogen) atoms. The first-order valence-corrected chi connectivity index (χ1v) is 9.20. The van der Waals surface area contributed by atoms with E-state index in [9.17, 15) is 9.59 Å². The lowest BCUT2D eigenvalue weighted by Gasteiger charge is -2.07. The van der Waals surface area contributed by atoms with Crippen LogP contribution in [0.4, 0.5) is 0 Å². The van der Waals surface area contributed by atoms with E-state index in [4.69, 9.17) is 4.74 Å². The number of H-pyrrole nitrogens is 1. The summed E-state index contributed by atoms with van der Waals surface area (Å²) in [5.41, 5.74) is 1.55. The SMILES string of the molecule is CCOc1ccc(Cn2c(=O)[nH]c3c(-c4ccccn4)nsc3c2=O)cc1. The molecule has 0 unspecified atom stereocenters. The molecule has 0 aliphatic rings. The normalized spacial score (nSPS) is 11.0. The van der Waals surface area contributed by atoms with Crippen LogP contribution >= 0.6 is 11.5 Å². The summed E-state index contributed by atoms with van der Waals surface area (Å²) in [7, 11) is 0. The highest BCUT2D eigenvalue weighted by molar-refractivity contribution is 7.13. The van der Waals surface area contributed by atoms with E-state index < -0.39 is 5.69 Å². The van der Waals surface area contributed by atoms with Gasteiger partial charge in [-0.15, -0.1) is 0 Å². The maximum absolute atomic E-state index is 12.8. The molecule has 0 bridgehead atoms. The van der Waals surface area contributed by atoms with Gasteiger partial charge in [0, 0.05) is 6.20 Å². The van der Waals surface area contributed by atoms with Gasteiger partial charge in [0.05, 0.1) is 24.4 Å².